The fourth-order valence-corrected chi connectivity index (χ4v) is 3.21. The molecule has 0 aromatic heterocycles. The Morgan fingerprint density at radius 3 is 2.20 bits per heavy atom. The second kappa shape index (κ2) is 6.73. The van der Waals surface area contributed by atoms with Gasteiger partial charge in [-0.3, -0.25) is 4.90 Å². The van der Waals surface area contributed by atoms with E-state index in [0.29, 0.717) is 24.4 Å². The lowest BCUT2D eigenvalue weighted by Gasteiger charge is -2.36. The molecule has 0 aromatic rings. The summed E-state index contributed by atoms with van der Waals surface area (Å²) in [6.45, 7) is 15.0. The SMILES string of the molecule is C[C@@H]1CN(CC2CCC(CNC(C)(C)C)O2)C[C@H](C)O1. The van der Waals surface area contributed by atoms with Crippen LogP contribution in [0.5, 0.6) is 0 Å². The molecule has 0 amide bonds. The minimum Gasteiger partial charge on any atom is -0.373 e. The van der Waals surface area contributed by atoms with Crippen LogP contribution in [0.3, 0.4) is 0 Å². The molecule has 2 heterocycles. The van der Waals surface area contributed by atoms with Crippen LogP contribution >= 0.6 is 0 Å². The third-order valence-corrected chi connectivity index (χ3v) is 4.01. The van der Waals surface area contributed by atoms with Crippen molar-refractivity contribution in [2.24, 2.45) is 0 Å². The molecule has 2 aliphatic heterocycles. The molecule has 0 aromatic carbocycles. The third-order valence-electron chi connectivity index (χ3n) is 4.01. The fourth-order valence-electron chi connectivity index (χ4n) is 3.21. The van der Waals surface area contributed by atoms with Gasteiger partial charge in [-0.15, -0.1) is 0 Å². The van der Waals surface area contributed by atoms with Crippen LogP contribution in [0.1, 0.15) is 47.5 Å². The van der Waals surface area contributed by atoms with Crippen molar-refractivity contribution in [2.45, 2.75) is 77.4 Å². The highest BCUT2D eigenvalue weighted by atomic mass is 16.5. The van der Waals surface area contributed by atoms with E-state index in [1.807, 2.05) is 0 Å². The molecular weight excluding hydrogens is 252 g/mol. The van der Waals surface area contributed by atoms with Gasteiger partial charge < -0.3 is 14.8 Å². The number of hydrogen-bond donors (Lipinski definition) is 1. The Balaban J connectivity index is 1.70. The van der Waals surface area contributed by atoms with Crippen LogP contribution in [-0.4, -0.2) is 61.0 Å². The van der Waals surface area contributed by atoms with Gasteiger partial charge in [0.2, 0.25) is 0 Å². The van der Waals surface area contributed by atoms with Crippen LogP contribution in [0.2, 0.25) is 0 Å². The summed E-state index contributed by atoms with van der Waals surface area (Å²) in [5, 5.41) is 3.54. The number of rotatable bonds is 4. The van der Waals surface area contributed by atoms with Crippen molar-refractivity contribution in [3.63, 3.8) is 0 Å². The molecule has 2 aliphatic rings. The number of ether oxygens (including phenoxy) is 2. The molecule has 4 atom stereocenters. The summed E-state index contributed by atoms with van der Waals surface area (Å²) in [5.41, 5.74) is 0.177. The zero-order chi connectivity index (χ0) is 14.8. The summed E-state index contributed by atoms with van der Waals surface area (Å²) < 4.78 is 12.0. The third kappa shape index (κ3) is 5.32. The predicted molar refractivity (Wildman–Crippen MR) is 82.1 cm³/mol. The van der Waals surface area contributed by atoms with E-state index < -0.39 is 0 Å². The van der Waals surface area contributed by atoms with E-state index in [0.717, 1.165) is 26.2 Å². The van der Waals surface area contributed by atoms with Crippen LogP contribution < -0.4 is 5.32 Å². The number of hydrogen-bond acceptors (Lipinski definition) is 4. The molecule has 0 aliphatic carbocycles. The van der Waals surface area contributed by atoms with Gasteiger partial charge >= 0.3 is 0 Å². The molecule has 20 heavy (non-hydrogen) atoms. The van der Waals surface area contributed by atoms with Gasteiger partial charge in [-0.2, -0.15) is 0 Å². The van der Waals surface area contributed by atoms with E-state index in [-0.39, 0.29) is 5.54 Å². The standard InChI is InChI=1S/C16H32N2O2/c1-12-9-18(10-13(2)19-12)11-15-7-6-14(20-15)8-17-16(3,4)5/h12-15,17H,6-11H2,1-5H3/t12-,13+,14?,15?. The topological polar surface area (TPSA) is 33.7 Å². The summed E-state index contributed by atoms with van der Waals surface area (Å²) >= 11 is 0. The Morgan fingerprint density at radius 2 is 1.60 bits per heavy atom. The highest BCUT2D eigenvalue weighted by Gasteiger charge is 2.30. The molecule has 0 radical (unpaired) electrons. The van der Waals surface area contributed by atoms with Crippen LogP contribution in [0.25, 0.3) is 0 Å². The number of nitrogens with zero attached hydrogens (tertiary/aromatic N) is 1. The van der Waals surface area contributed by atoms with Crippen molar-refractivity contribution in [2.75, 3.05) is 26.2 Å². The minimum atomic E-state index is 0.177. The Labute approximate surface area is 124 Å². The average Bonchev–Trinajstić information content (AvgIpc) is 2.72. The molecule has 2 fully saturated rings. The van der Waals surface area contributed by atoms with Crippen LogP contribution in [0.15, 0.2) is 0 Å². The first-order valence-electron chi connectivity index (χ1n) is 8.10. The highest BCUT2D eigenvalue weighted by molar-refractivity contribution is 4.82. The summed E-state index contributed by atoms with van der Waals surface area (Å²) in [6.07, 6.45) is 3.85. The lowest BCUT2D eigenvalue weighted by atomic mass is 10.1. The average molecular weight is 284 g/mol. The fraction of sp³-hybridized carbons (Fsp3) is 1.00. The predicted octanol–water partition coefficient (Wildman–Crippen LogP) is 2.03. The number of nitrogens with one attached hydrogen (secondary N) is 1. The lowest BCUT2D eigenvalue weighted by molar-refractivity contribution is -0.0813. The summed E-state index contributed by atoms with van der Waals surface area (Å²) in [5.74, 6) is 0. The molecule has 2 unspecified atom stereocenters. The van der Waals surface area contributed by atoms with Crippen LogP contribution in [0, 0.1) is 0 Å². The molecule has 1 N–H and O–H groups in total. The zero-order valence-electron chi connectivity index (χ0n) is 13.8. The van der Waals surface area contributed by atoms with Crippen LogP contribution in [-0.2, 0) is 9.47 Å². The van der Waals surface area contributed by atoms with Gasteiger partial charge in [0.25, 0.3) is 0 Å². The molecule has 0 bridgehead atoms. The summed E-state index contributed by atoms with van der Waals surface area (Å²) in [4.78, 5) is 2.50. The van der Waals surface area contributed by atoms with Gasteiger partial charge in [-0.1, -0.05) is 0 Å². The van der Waals surface area contributed by atoms with Crippen LogP contribution in [0.4, 0.5) is 0 Å². The van der Waals surface area contributed by atoms with Gasteiger partial charge in [-0.05, 0) is 47.5 Å². The van der Waals surface area contributed by atoms with Crippen molar-refractivity contribution in [1.29, 1.82) is 0 Å². The Kier molecular flexibility index (Phi) is 5.46. The second-order valence-electron chi connectivity index (χ2n) is 7.56. The molecule has 2 saturated heterocycles. The lowest BCUT2D eigenvalue weighted by Crippen LogP contribution is -2.48. The Hall–Kier alpha value is -0.160. The molecule has 0 spiro atoms. The largest absolute Gasteiger partial charge is 0.373 e. The first-order valence-corrected chi connectivity index (χ1v) is 8.10. The van der Waals surface area contributed by atoms with Crippen molar-refractivity contribution in [3.05, 3.63) is 0 Å². The van der Waals surface area contributed by atoms with E-state index in [1.165, 1.54) is 12.8 Å². The van der Waals surface area contributed by atoms with Gasteiger partial charge in [-0.25, -0.2) is 0 Å². The second-order valence-corrected chi connectivity index (χ2v) is 7.56. The Bertz CT molecular complexity index is 293. The first kappa shape index (κ1) is 16.2. The van der Waals surface area contributed by atoms with Crippen molar-refractivity contribution < 1.29 is 9.47 Å². The van der Waals surface area contributed by atoms with Crippen molar-refractivity contribution in [3.8, 4) is 0 Å². The van der Waals surface area contributed by atoms with E-state index in [9.17, 15) is 0 Å². The monoisotopic (exact) mass is 284 g/mol. The van der Waals surface area contributed by atoms with Gasteiger partial charge in [0.05, 0.1) is 24.4 Å². The molecule has 0 saturated carbocycles. The molecule has 4 heteroatoms. The molecule has 4 nitrogen and oxygen atoms in total. The normalized spacial score (nSPS) is 36.5. The molecule has 118 valence electrons. The van der Waals surface area contributed by atoms with E-state index in [2.05, 4.69) is 44.8 Å². The van der Waals surface area contributed by atoms with E-state index in [4.69, 9.17) is 9.47 Å². The van der Waals surface area contributed by atoms with Crippen molar-refractivity contribution in [1.82, 2.24) is 10.2 Å². The first-order chi connectivity index (χ1) is 9.32. The van der Waals surface area contributed by atoms with E-state index >= 15 is 0 Å². The van der Waals surface area contributed by atoms with Gasteiger partial charge in [0.15, 0.2) is 0 Å². The summed E-state index contributed by atoms with van der Waals surface area (Å²) in [6, 6.07) is 0. The van der Waals surface area contributed by atoms with Crippen molar-refractivity contribution >= 4 is 0 Å². The Morgan fingerprint density at radius 1 is 1.00 bits per heavy atom. The van der Waals surface area contributed by atoms with E-state index in [1.54, 1.807) is 0 Å². The summed E-state index contributed by atoms with van der Waals surface area (Å²) in [7, 11) is 0. The molecule has 2 rings (SSSR count). The van der Waals surface area contributed by atoms with Gasteiger partial charge in [0, 0.05) is 31.7 Å². The maximum atomic E-state index is 6.19. The quantitative estimate of drug-likeness (QED) is 0.856. The minimum absolute atomic E-state index is 0.177. The van der Waals surface area contributed by atoms with Gasteiger partial charge in [0.1, 0.15) is 0 Å². The maximum absolute atomic E-state index is 6.19. The molecular formula is C16H32N2O2. The highest BCUT2D eigenvalue weighted by Crippen LogP contribution is 2.22. The maximum Gasteiger partial charge on any atom is 0.0707 e. The zero-order valence-corrected chi connectivity index (χ0v) is 13.8. The smallest absolute Gasteiger partial charge is 0.0707 e. The number of morpholine rings is 1.